The quantitative estimate of drug-likeness (QED) is 0.561. The molecule has 16 heavy (non-hydrogen) atoms. The fraction of sp³-hybridized carbons (Fsp3) is 0.462. The van der Waals surface area contributed by atoms with Gasteiger partial charge in [0.15, 0.2) is 6.29 Å². The van der Waals surface area contributed by atoms with E-state index in [9.17, 15) is 4.79 Å². The summed E-state index contributed by atoms with van der Waals surface area (Å²) >= 11 is 0. The van der Waals surface area contributed by atoms with Gasteiger partial charge in [0.1, 0.15) is 6.29 Å². The zero-order chi connectivity index (χ0) is 11.5. The van der Waals surface area contributed by atoms with E-state index in [-0.39, 0.29) is 24.0 Å². The molecule has 0 saturated heterocycles. The summed E-state index contributed by atoms with van der Waals surface area (Å²) in [4.78, 5) is 11.0. The van der Waals surface area contributed by atoms with Crippen LogP contribution < -0.4 is 0 Å². The Kier molecular flexibility index (Phi) is 3.36. The molecule has 0 aromatic heterocycles. The van der Waals surface area contributed by atoms with E-state index in [0.717, 1.165) is 6.29 Å². The predicted octanol–water partition coefficient (Wildman–Crippen LogP) is 1.83. The highest BCUT2D eigenvalue weighted by Crippen LogP contribution is 2.55. The van der Waals surface area contributed by atoms with Crippen LogP contribution in [0.4, 0.5) is 0 Å². The predicted molar refractivity (Wildman–Crippen MR) is 60.0 cm³/mol. The van der Waals surface area contributed by atoms with E-state index >= 15 is 0 Å². The maximum Gasteiger partial charge on any atom is 0.160 e. The molecule has 1 aliphatic rings. The van der Waals surface area contributed by atoms with Gasteiger partial charge in [-0.05, 0) is 5.56 Å². The molecule has 3 atom stereocenters. The minimum Gasteiger partial charge on any atom is -0.356 e. The van der Waals surface area contributed by atoms with E-state index in [1.807, 2.05) is 30.3 Å². The molecule has 1 aliphatic carbocycles. The Bertz CT molecular complexity index is 345. The molecular weight excluding hydrogens is 204 g/mol. The van der Waals surface area contributed by atoms with E-state index in [0.29, 0.717) is 0 Å². The molecule has 1 aromatic carbocycles. The molecule has 1 aromatic rings. The number of benzene rings is 1. The SMILES string of the molecule is COC(OC)[C@@H]1[C@@H](C=O)[C@@H]1c1ccccc1. The first kappa shape index (κ1) is 11.3. The van der Waals surface area contributed by atoms with Crippen molar-refractivity contribution in [2.75, 3.05) is 14.2 Å². The van der Waals surface area contributed by atoms with Crippen LogP contribution in [0.1, 0.15) is 11.5 Å². The summed E-state index contributed by atoms with van der Waals surface area (Å²) < 4.78 is 10.5. The van der Waals surface area contributed by atoms with Crippen LogP contribution in [0.5, 0.6) is 0 Å². The summed E-state index contributed by atoms with van der Waals surface area (Å²) in [5.74, 6) is 0.408. The second kappa shape index (κ2) is 4.76. The Hall–Kier alpha value is -1.19. The lowest BCUT2D eigenvalue weighted by atomic mass is 10.1. The van der Waals surface area contributed by atoms with Crippen molar-refractivity contribution in [3.05, 3.63) is 35.9 Å². The molecule has 86 valence electrons. The molecule has 2 rings (SSSR count). The van der Waals surface area contributed by atoms with Gasteiger partial charge in [0.05, 0.1) is 0 Å². The Balaban J connectivity index is 2.15. The highest BCUT2D eigenvalue weighted by atomic mass is 16.7. The van der Waals surface area contributed by atoms with Gasteiger partial charge in [-0.3, -0.25) is 0 Å². The van der Waals surface area contributed by atoms with Crippen LogP contribution in [0, 0.1) is 11.8 Å². The van der Waals surface area contributed by atoms with E-state index in [1.165, 1.54) is 5.56 Å². The smallest absolute Gasteiger partial charge is 0.160 e. The molecule has 0 bridgehead atoms. The topological polar surface area (TPSA) is 35.5 Å². The average Bonchev–Trinajstić information content (AvgIpc) is 3.06. The molecule has 3 nitrogen and oxygen atoms in total. The molecule has 0 aliphatic heterocycles. The number of carbonyl (C=O) groups excluding carboxylic acids is 1. The number of methoxy groups -OCH3 is 2. The Morgan fingerprint density at radius 3 is 2.31 bits per heavy atom. The van der Waals surface area contributed by atoms with Crippen LogP contribution >= 0.6 is 0 Å². The lowest BCUT2D eigenvalue weighted by Crippen LogP contribution is -2.17. The van der Waals surface area contributed by atoms with Gasteiger partial charge >= 0.3 is 0 Å². The Labute approximate surface area is 95.4 Å². The second-order valence-corrected chi connectivity index (χ2v) is 4.07. The number of hydrogen-bond donors (Lipinski definition) is 0. The van der Waals surface area contributed by atoms with Crippen LogP contribution in [-0.2, 0) is 14.3 Å². The van der Waals surface area contributed by atoms with Gasteiger partial charge < -0.3 is 14.3 Å². The van der Waals surface area contributed by atoms with Crippen molar-refractivity contribution < 1.29 is 14.3 Å². The summed E-state index contributed by atoms with van der Waals surface area (Å²) in [6, 6.07) is 10.0. The normalized spacial score (nSPS) is 28.1. The van der Waals surface area contributed by atoms with Gasteiger partial charge in [0.25, 0.3) is 0 Å². The van der Waals surface area contributed by atoms with Crippen molar-refractivity contribution in [2.45, 2.75) is 12.2 Å². The standard InChI is InChI=1S/C13H16O3/c1-15-13(16-2)12-10(8-14)11(12)9-6-4-3-5-7-9/h3-8,10-13H,1-2H3/t10-,11-,12+/m0/s1. The first-order valence-electron chi connectivity index (χ1n) is 5.39. The molecule has 0 heterocycles. The summed E-state index contributed by atoms with van der Waals surface area (Å²) in [6.07, 6.45) is 0.716. The molecule has 1 fully saturated rings. The van der Waals surface area contributed by atoms with Crippen molar-refractivity contribution in [3.63, 3.8) is 0 Å². The van der Waals surface area contributed by atoms with Gasteiger partial charge in [-0.2, -0.15) is 0 Å². The number of aldehydes is 1. The number of rotatable bonds is 5. The molecular formula is C13H16O3. The van der Waals surface area contributed by atoms with Crippen LogP contribution in [0.2, 0.25) is 0 Å². The maximum absolute atomic E-state index is 11.0. The van der Waals surface area contributed by atoms with Crippen molar-refractivity contribution >= 4 is 6.29 Å². The molecule has 0 spiro atoms. The molecule has 0 amide bonds. The second-order valence-electron chi connectivity index (χ2n) is 4.07. The largest absolute Gasteiger partial charge is 0.356 e. The zero-order valence-electron chi connectivity index (χ0n) is 9.50. The van der Waals surface area contributed by atoms with Crippen LogP contribution in [0.25, 0.3) is 0 Å². The lowest BCUT2D eigenvalue weighted by molar-refractivity contribution is -0.124. The number of hydrogen-bond acceptors (Lipinski definition) is 3. The molecule has 1 saturated carbocycles. The monoisotopic (exact) mass is 220 g/mol. The number of carbonyl (C=O) groups is 1. The first-order valence-corrected chi connectivity index (χ1v) is 5.39. The Morgan fingerprint density at radius 1 is 1.19 bits per heavy atom. The van der Waals surface area contributed by atoms with Crippen LogP contribution in [0.3, 0.4) is 0 Å². The van der Waals surface area contributed by atoms with Crippen molar-refractivity contribution in [1.29, 1.82) is 0 Å². The van der Waals surface area contributed by atoms with E-state index < -0.39 is 0 Å². The fourth-order valence-electron chi connectivity index (χ4n) is 2.42. The highest BCUT2D eigenvalue weighted by Gasteiger charge is 2.55. The summed E-state index contributed by atoms with van der Waals surface area (Å²) in [6.45, 7) is 0. The minimum atomic E-state index is -0.291. The summed E-state index contributed by atoms with van der Waals surface area (Å²) in [5, 5.41) is 0. The van der Waals surface area contributed by atoms with Crippen molar-refractivity contribution in [2.24, 2.45) is 11.8 Å². The van der Waals surface area contributed by atoms with E-state index in [4.69, 9.17) is 9.47 Å². The van der Waals surface area contributed by atoms with Gasteiger partial charge in [-0.1, -0.05) is 30.3 Å². The highest BCUT2D eigenvalue weighted by molar-refractivity contribution is 5.63. The first-order chi connectivity index (χ1) is 7.83. The van der Waals surface area contributed by atoms with Gasteiger partial charge in [0, 0.05) is 32.0 Å². The molecule has 0 unspecified atom stereocenters. The molecule has 0 radical (unpaired) electrons. The third-order valence-electron chi connectivity index (χ3n) is 3.25. The van der Waals surface area contributed by atoms with Crippen molar-refractivity contribution in [3.8, 4) is 0 Å². The lowest BCUT2D eigenvalue weighted by Gasteiger charge is -2.12. The van der Waals surface area contributed by atoms with Gasteiger partial charge in [-0.25, -0.2) is 0 Å². The van der Waals surface area contributed by atoms with E-state index in [2.05, 4.69) is 0 Å². The van der Waals surface area contributed by atoms with Gasteiger partial charge in [0.2, 0.25) is 0 Å². The van der Waals surface area contributed by atoms with Crippen molar-refractivity contribution in [1.82, 2.24) is 0 Å². The third kappa shape index (κ3) is 1.88. The summed E-state index contributed by atoms with van der Waals surface area (Å²) in [7, 11) is 3.22. The van der Waals surface area contributed by atoms with Gasteiger partial charge in [-0.15, -0.1) is 0 Å². The molecule has 3 heteroatoms. The van der Waals surface area contributed by atoms with Crippen LogP contribution in [-0.4, -0.2) is 26.8 Å². The van der Waals surface area contributed by atoms with Crippen LogP contribution in [0.15, 0.2) is 30.3 Å². The third-order valence-corrected chi connectivity index (χ3v) is 3.25. The summed E-state index contributed by atoms with van der Waals surface area (Å²) in [5.41, 5.74) is 1.18. The minimum absolute atomic E-state index is 0.0206. The molecule has 0 N–H and O–H groups in total. The average molecular weight is 220 g/mol. The van der Waals surface area contributed by atoms with E-state index in [1.54, 1.807) is 14.2 Å². The number of ether oxygens (including phenoxy) is 2. The zero-order valence-corrected chi connectivity index (χ0v) is 9.50. The maximum atomic E-state index is 11.0. The Morgan fingerprint density at radius 2 is 1.81 bits per heavy atom. The fourth-order valence-corrected chi connectivity index (χ4v) is 2.42.